The lowest BCUT2D eigenvalue weighted by molar-refractivity contribution is -0.147. The van der Waals surface area contributed by atoms with Gasteiger partial charge in [-0.05, 0) is 43.7 Å². The number of hydrogen-bond acceptors (Lipinski definition) is 3. The quantitative estimate of drug-likeness (QED) is 0.931. The highest BCUT2D eigenvalue weighted by atomic mass is 16.4. The number of pyridine rings is 1. The van der Waals surface area contributed by atoms with E-state index in [0.29, 0.717) is 6.54 Å². The molecule has 1 fully saturated rings. The van der Waals surface area contributed by atoms with Gasteiger partial charge in [-0.25, -0.2) is 0 Å². The molecule has 1 saturated heterocycles. The molecule has 104 valence electrons. The van der Waals surface area contributed by atoms with Crippen LogP contribution in [-0.4, -0.2) is 34.0 Å². The minimum atomic E-state index is -0.692. The maximum absolute atomic E-state index is 11.3. The first kappa shape index (κ1) is 13.1. The number of nitrogens with zero attached hydrogens (tertiary/aromatic N) is 2. The van der Waals surface area contributed by atoms with Crippen molar-refractivity contribution < 1.29 is 9.90 Å². The lowest BCUT2D eigenvalue weighted by atomic mass is 9.90. The van der Waals surface area contributed by atoms with E-state index in [4.69, 9.17) is 0 Å². The fourth-order valence-corrected chi connectivity index (χ4v) is 2.85. The zero-order valence-corrected chi connectivity index (χ0v) is 11.5. The van der Waals surface area contributed by atoms with Gasteiger partial charge in [-0.1, -0.05) is 12.1 Å². The Morgan fingerprint density at radius 2 is 2.30 bits per heavy atom. The summed E-state index contributed by atoms with van der Waals surface area (Å²) in [6.45, 7) is 4.09. The summed E-state index contributed by atoms with van der Waals surface area (Å²) < 4.78 is 0. The van der Waals surface area contributed by atoms with Crippen molar-refractivity contribution in [3.05, 3.63) is 42.1 Å². The Labute approximate surface area is 118 Å². The van der Waals surface area contributed by atoms with Gasteiger partial charge in [-0.15, -0.1) is 0 Å². The number of carboxylic acid groups (broad SMARTS) is 1. The fourth-order valence-electron chi connectivity index (χ4n) is 2.85. The van der Waals surface area contributed by atoms with Crippen LogP contribution in [0, 0.1) is 5.41 Å². The average molecular weight is 270 g/mol. The second-order valence-electron chi connectivity index (χ2n) is 5.86. The normalized spacial score (nSPS) is 23.2. The first-order valence-electron chi connectivity index (χ1n) is 6.86. The van der Waals surface area contributed by atoms with Crippen LogP contribution < -0.4 is 0 Å². The third kappa shape index (κ3) is 2.39. The molecule has 0 aliphatic carbocycles. The molecule has 1 aromatic carbocycles. The van der Waals surface area contributed by atoms with E-state index < -0.39 is 11.4 Å². The molecule has 3 rings (SSSR count). The predicted octanol–water partition coefficient (Wildman–Crippen LogP) is 2.53. The number of carbonyl (C=O) groups is 1. The summed E-state index contributed by atoms with van der Waals surface area (Å²) in [4.78, 5) is 17.8. The number of hydrogen-bond donors (Lipinski definition) is 1. The molecule has 1 aromatic heterocycles. The minimum absolute atomic E-state index is 0.599. The van der Waals surface area contributed by atoms with E-state index in [0.717, 1.165) is 30.4 Å². The molecule has 4 heteroatoms. The molecule has 1 N–H and O–H groups in total. The van der Waals surface area contributed by atoms with Crippen molar-refractivity contribution in [3.63, 3.8) is 0 Å². The van der Waals surface area contributed by atoms with Crippen molar-refractivity contribution in [2.24, 2.45) is 5.41 Å². The molecule has 2 heterocycles. The monoisotopic (exact) mass is 270 g/mol. The standard InChI is InChI=1S/C16H18N2O2/c1-16(15(19)20)6-8-18(11-16)10-12-4-5-14-13(9-12)3-2-7-17-14/h2-5,7,9H,6,8,10-11H2,1H3,(H,19,20). The summed E-state index contributed by atoms with van der Waals surface area (Å²) in [6.07, 6.45) is 2.51. The third-order valence-electron chi connectivity index (χ3n) is 4.14. The van der Waals surface area contributed by atoms with E-state index in [9.17, 15) is 9.90 Å². The highest BCUT2D eigenvalue weighted by molar-refractivity contribution is 5.79. The lowest BCUT2D eigenvalue weighted by Crippen LogP contribution is -2.31. The van der Waals surface area contributed by atoms with Gasteiger partial charge < -0.3 is 5.11 Å². The Kier molecular flexibility index (Phi) is 3.18. The molecule has 0 bridgehead atoms. The molecule has 0 amide bonds. The number of aliphatic carboxylic acids is 1. The van der Waals surface area contributed by atoms with E-state index >= 15 is 0 Å². The lowest BCUT2D eigenvalue weighted by Gasteiger charge is -2.20. The zero-order valence-electron chi connectivity index (χ0n) is 11.5. The van der Waals surface area contributed by atoms with E-state index in [2.05, 4.69) is 28.1 Å². The van der Waals surface area contributed by atoms with Crippen LogP contribution >= 0.6 is 0 Å². The Hall–Kier alpha value is -1.94. The molecule has 1 aliphatic heterocycles. The van der Waals surface area contributed by atoms with Crippen LogP contribution in [0.4, 0.5) is 0 Å². The van der Waals surface area contributed by atoms with Crippen LogP contribution in [0.15, 0.2) is 36.5 Å². The molecule has 1 aliphatic rings. The number of rotatable bonds is 3. The molecule has 1 unspecified atom stereocenters. The van der Waals surface area contributed by atoms with Crippen molar-refractivity contribution in [1.82, 2.24) is 9.88 Å². The predicted molar refractivity (Wildman–Crippen MR) is 77.4 cm³/mol. The number of aromatic nitrogens is 1. The van der Waals surface area contributed by atoms with Crippen LogP contribution in [0.5, 0.6) is 0 Å². The Morgan fingerprint density at radius 3 is 3.05 bits per heavy atom. The van der Waals surface area contributed by atoms with E-state index in [1.165, 1.54) is 5.56 Å². The number of likely N-dealkylation sites (tertiary alicyclic amines) is 1. The molecule has 2 aromatic rings. The fraction of sp³-hybridized carbons (Fsp3) is 0.375. The zero-order chi connectivity index (χ0) is 14.2. The first-order valence-corrected chi connectivity index (χ1v) is 6.86. The van der Waals surface area contributed by atoms with Crippen molar-refractivity contribution in [2.75, 3.05) is 13.1 Å². The van der Waals surface area contributed by atoms with Crippen LogP contribution in [0.25, 0.3) is 10.9 Å². The Morgan fingerprint density at radius 1 is 1.45 bits per heavy atom. The molecule has 0 spiro atoms. The third-order valence-corrected chi connectivity index (χ3v) is 4.14. The maximum atomic E-state index is 11.3. The Bertz CT molecular complexity index is 656. The van der Waals surface area contributed by atoms with Gasteiger partial charge in [0, 0.05) is 24.7 Å². The Balaban J connectivity index is 1.76. The van der Waals surface area contributed by atoms with Gasteiger partial charge in [0.2, 0.25) is 0 Å². The summed E-state index contributed by atoms with van der Waals surface area (Å²) in [6, 6.07) is 10.2. The molecule has 1 atom stereocenters. The van der Waals surface area contributed by atoms with E-state index in [1.807, 2.05) is 19.1 Å². The topological polar surface area (TPSA) is 53.4 Å². The van der Waals surface area contributed by atoms with Crippen molar-refractivity contribution in [2.45, 2.75) is 19.9 Å². The van der Waals surface area contributed by atoms with Crippen LogP contribution in [0.1, 0.15) is 18.9 Å². The summed E-state index contributed by atoms with van der Waals surface area (Å²) >= 11 is 0. The van der Waals surface area contributed by atoms with Gasteiger partial charge in [0.1, 0.15) is 0 Å². The van der Waals surface area contributed by atoms with E-state index in [-0.39, 0.29) is 0 Å². The highest BCUT2D eigenvalue weighted by Crippen LogP contribution is 2.31. The van der Waals surface area contributed by atoms with Crippen molar-refractivity contribution in [1.29, 1.82) is 0 Å². The molecular weight excluding hydrogens is 252 g/mol. The summed E-state index contributed by atoms with van der Waals surface area (Å²) in [5, 5.41) is 10.4. The number of fused-ring (bicyclic) bond motifs is 1. The molecule has 0 saturated carbocycles. The van der Waals surface area contributed by atoms with Gasteiger partial charge in [-0.2, -0.15) is 0 Å². The summed E-state index contributed by atoms with van der Waals surface area (Å²) in [5.74, 6) is -0.692. The SMILES string of the molecule is CC1(C(=O)O)CCN(Cc2ccc3ncccc3c2)C1. The molecular formula is C16H18N2O2. The summed E-state index contributed by atoms with van der Waals surface area (Å²) in [5.41, 5.74) is 1.60. The van der Waals surface area contributed by atoms with Gasteiger partial charge in [0.25, 0.3) is 0 Å². The minimum Gasteiger partial charge on any atom is -0.481 e. The number of carboxylic acids is 1. The second kappa shape index (κ2) is 4.87. The van der Waals surface area contributed by atoms with Crippen LogP contribution in [-0.2, 0) is 11.3 Å². The average Bonchev–Trinajstić information content (AvgIpc) is 2.81. The number of benzene rings is 1. The van der Waals surface area contributed by atoms with Gasteiger partial charge >= 0.3 is 5.97 Å². The first-order chi connectivity index (χ1) is 9.57. The molecule has 4 nitrogen and oxygen atoms in total. The van der Waals surface area contributed by atoms with Gasteiger partial charge in [-0.3, -0.25) is 14.7 Å². The van der Waals surface area contributed by atoms with E-state index in [1.54, 1.807) is 6.20 Å². The maximum Gasteiger partial charge on any atom is 0.310 e. The van der Waals surface area contributed by atoms with Gasteiger partial charge in [0.05, 0.1) is 10.9 Å². The second-order valence-corrected chi connectivity index (χ2v) is 5.86. The smallest absolute Gasteiger partial charge is 0.310 e. The van der Waals surface area contributed by atoms with Crippen molar-refractivity contribution in [3.8, 4) is 0 Å². The molecule has 20 heavy (non-hydrogen) atoms. The van der Waals surface area contributed by atoms with Crippen molar-refractivity contribution >= 4 is 16.9 Å². The summed E-state index contributed by atoms with van der Waals surface area (Å²) in [7, 11) is 0. The van der Waals surface area contributed by atoms with Gasteiger partial charge in [0.15, 0.2) is 0 Å². The molecule has 0 radical (unpaired) electrons. The highest BCUT2D eigenvalue weighted by Gasteiger charge is 2.40. The van der Waals surface area contributed by atoms with Crippen LogP contribution in [0.2, 0.25) is 0 Å². The largest absolute Gasteiger partial charge is 0.481 e. The van der Waals surface area contributed by atoms with Crippen LogP contribution in [0.3, 0.4) is 0 Å².